The highest BCUT2D eigenvalue weighted by molar-refractivity contribution is 8.00. The topological polar surface area (TPSA) is 93.1 Å². The van der Waals surface area contributed by atoms with E-state index in [1.165, 1.54) is 23.1 Å². The maximum atomic E-state index is 12.6. The highest BCUT2D eigenvalue weighted by Gasteiger charge is 2.20. The molecule has 0 bridgehead atoms. The van der Waals surface area contributed by atoms with Crippen molar-refractivity contribution in [2.24, 2.45) is 0 Å². The molecule has 1 aromatic carbocycles. The van der Waals surface area contributed by atoms with E-state index in [-0.39, 0.29) is 23.9 Å². The normalized spacial score (nSPS) is 12.0. The Kier molecular flexibility index (Phi) is 6.94. The SMILES string of the molecule is CCn1c(SC(C)C(=O)NCC(=O)Nc2c(C)cccc2C)nc2ccsc2c1=O. The number of carbonyl (C=O) groups is 2. The summed E-state index contributed by atoms with van der Waals surface area (Å²) in [5, 5.41) is 7.32. The standard InChI is InChI=1S/C21H24N4O3S2/c1-5-25-20(28)18-15(9-10-29-18)23-21(25)30-14(4)19(27)22-11-16(26)24-17-12(2)7-6-8-13(17)3/h6-10,14H,5,11H2,1-4H3,(H,22,27)(H,24,26). The summed E-state index contributed by atoms with van der Waals surface area (Å²) >= 11 is 2.57. The molecule has 2 amide bonds. The third-order valence-corrected chi connectivity index (χ3v) is 6.65. The van der Waals surface area contributed by atoms with E-state index in [2.05, 4.69) is 15.6 Å². The summed E-state index contributed by atoms with van der Waals surface area (Å²) in [5.41, 5.74) is 3.23. The molecule has 2 heterocycles. The maximum absolute atomic E-state index is 12.6. The summed E-state index contributed by atoms with van der Waals surface area (Å²) in [4.78, 5) is 41.9. The van der Waals surface area contributed by atoms with E-state index < -0.39 is 5.25 Å². The molecule has 2 aromatic heterocycles. The Balaban J connectivity index is 1.63. The highest BCUT2D eigenvalue weighted by Crippen LogP contribution is 2.24. The van der Waals surface area contributed by atoms with Gasteiger partial charge in [0, 0.05) is 12.2 Å². The number of aromatic nitrogens is 2. The molecule has 3 rings (SSSR count). The minimum atomic E-state index is -0.515. The molecule has 2 N–H and O–H groups in total. The summed E-state index contributed by atoms with van der Waals surface area (Å²) in [6.45, 7) is 7.78. The van der Waals surface area contributed by atoms with Crippen LogP contribution >= 0.6 is 23.1 Å². The Morgan fingerprint density at radius 2 is 1.93 bits per heavy atom. The number of fused-ring (bicyclic) bond motifs is 1. The molecule has 3 aromatic rings. The van der Waals surface area contributed by atoms with E-state index in [0.717, 1.165) is 16.8 Å². The Morgan fingerprint density at radius 1 is 1.23 bits per heavy atom. The van der Waals surface area contributed by atoms with Crippen LogP contribution in [0.5, 0.6) is 0 Å². The van der Waals surface area contributed by atoms with Gasteiger partial charge in [0.05, 0.1) is 17.3 Å². The monoisotopic (exact) mass is 444 g/mol. The van der Waals surface area contributed by atoms with E-state index in [0.29, 0.717) is 21.9 Å². The molecule has 0 aliphatic heterocycles. The van der Waals surface area contributed by atoms with Gasteiger partial charge in [-0.25, -0.2) is 4.98 Å². The second-order valence-electron chi connectivity index (χ2n) is 6.87. The summed E-state index contributed by atoms with van der Waals surface area (Å²) in [5.74, 6) is -0.583. The van der Waals surface area contributed by atoms with Gasteiger partial charge in [-0.15, -0.1) is 11.3 Å². The van der Waals surface area contributed by atoms with Gasteiger partial charge in [0.2, 0.25) is 11.8 Å². The molecule has 0 saturated carbocycles. The van der Waals surface area contributed by atoms with Crippen molar-refractivity contribution in [1.29, 1.82) is 0 Å². The Labute approximate surface area is 182 Å². The Morgan fingerprint density at radius 3 is 2.60 bits per heavy atom. The molecular weight excluding hydrogens is 420 g/mol. The first-order valence-corrected chi connectivity index (χ1v) is 11.4. The van der Waals surface area contributed by atoms with Gasteiger partial charge in [-0.2, -0.15) is 0 Å². The van der Waals surface area contributed by atoms with Crippen LogP contribution in [0.25, 0.3) is 10.2 Å². The Bertz CT molecular complexity index is 1130. The summed E-state index contributed by atoms with van der Waals surface area (Å²) < 4.78 is 2.18. The van der Waals surface area contributed by atoms with Crippen molar-refractivity contribution in [1.82, 2.24) is 14.9 Å². The molecular formula is C21H24N4O3S2. The van der Waals surface area contributed by atoms with Gasteiger partial charge in [-0.1, -0.05) is 30.0 Å². The number of para-hydroxylation sites is 1. The van der Waals surface area contributed by atoms with Gasteiger partial charge in [-0.05, 0) is 50.3 Å². The first-order chi connectivity index (χ1) is 14.3. The van der Waals surface area contributed by atoms with Gasteiger partial charge in [0.1, 0.15) is 4.70 Å². The second kappa shape index (κ2) is 9.44. The number of aryl methyl sites for hydroxylation is 2. The van der Waals surface area contributed by atoms with Gasteiger partial charge < -0.3 is 10.6 Å². The smallest absolute Gasteiger partial charge is 0.272 e. The lowest BCUT2D eigenvalue weighted by Crippen LogP contribution is -2.37. The number of nitrogens with zero attached hydrogens (tertiary/aromatic N) is 2. The van der Waals surface area contributed by atoms with E-state index in [9.17, 15) is 14.4 Å². The quantitative estimate of drug-likeness (QED) is 0.431. The van der Waals surface area contributed by atoms with Crippen LogP contribution in [0.2, 0.25) is 0 Å². The first kappa shape index (κ1) is 22.0. The molecule has 0 aliphatic rings. The fraction of sp³-hybridized carbons (Fsp3) is 0.333. The molecule has 30 heavy (non-hydrogen) atoms. The zero-order valence-corrected chi connectivity index (χ0v) is 18.9. The molecule has 0 radical (unpaired) electrons. The summed E-state index contributed by atoms with van der Waals surface area (Å²) in [6, 6.07) is 7.57. The fourth-order valence-electron chi connectivity index (χ4n) is 3.01. The van der Waals surface area contributed by atoms with Crippen LogP contribution in [-0.4, -0.2) is 33.2 Å². The number of rotatable bonds is 7. The lowest BCUT2D eigenvalue weighted by atomic mass is 10.1. The number of hydrogen-bond acceptors (Lipinski definition) is 6. The number of hydrogen-bond donors (Lipinski definition) is 2. The van der Waals surface area contributed by atoms with E-state index in [1.807, 2.05) is 44.4 Å². The molecule has 158 valence electrons. The highest BCUT2D eigenvalue weighted by atomic mass is 32.2. The van der Waals surface area contributed by atoms with Crippen molar-refractivity contribution in [2.75, 3.05) is 11.9 Å². The summed E-state index contributed by atoms with van der Waals surface area (Å²) in [7, 11) is 0. The number of thiophene rings is 1. The number of nitrogens with one attached hydrogen (secondary N) is 2. The van der Waals surface area contributed by atoms with Crippen LogP contribution in [0.1, 0.15) is 25.0 Å². The molecule has 0 aliphatic carbocycles. The molecule has 0 fully saturated rings. The van der Waals surface area contributed by atoms with E-state index in [1.54, 1.807) is 17.6 Å². The van der Waals surface area contributed by atoms with Crippen LogP contribution in [-0.2, 0) is 16.1 Å². The van der Waals surface area contributed by atoms with Crippen LogP contribution in [0, 0.1) is 13.8 Å². The predicted molar refractivity (Wildman–Crippen MR) is 122 cm³/mol. The fourth-order valence-corrected chi connectivity index (χ4v) is 4.79. The zero-order valence-electron chi connectivity index (χ0n) is 17.3. The lowest BCUT2D eigenvalue weighted by Gasteiger charge is -2.15. The van der Waals surface area contributed by atoms with Crippen molar-refractivity contribution in [3.05, 3.63) is 51.1 Å². The summed E-state index contributed by atoms with van der Waals surface area (Å²) in [6.07, 6.45) is 0. The van der Waals surface area contributed by atoms with Crippen molar-refractivity contribution >= 4 is 50.8 Å². The third kappa shape index (κ3) is 4.73. The van der Waals surface area contributed by atoms with Gasteiger partial charge in [0.25, 0.3) is 5.56 Å². The second-order valence-corrected chi connectivity index (χ2v) is 9.10. The first-order valence-electron chi connectivity index (χ1n) is 9.60. The largest absolute Gasteiger partial charge is 0.346 e. The maximum Gasteiger partial charge on any atom is 0.272 e. The van der Waals surface area contributed by atoms with Crippen molar-refractivity contribution < 1.29 is 9.59 Å². The number of amides is 2. The van der Waals surface area contributed by atoms with Crippen molar-refractivity contribution in [3.63, 3.8) is 0 Å². The van der Waals surface area contributed by atoms with Crippen molar-refractivity contribution in [2.45, 2.75) is 44.6 Å². The number of anilines is 1. The molecule has 0 spiro atoms. The third-order valence-electron chi connectivity index (χ3n) is 4.67. The van der Waals surface area contributed by atoms with Gasteiger partial charge in [0.15, 0.2) is 5.16 Å². The van der Waals surface area contributed by atoms with E-state index >= 15 is 0 Å². The van der Waals surface area contributed by atoms with Crippen LogP contribution < -0.4 is 16.2 Å². The van der Waals surface area contributed by atoms with Gasteiger partial charge >= 0.3 is 0 Å². The number of thioether (sulfide) groups is 1. The average molecular weight is 445 g/mol. The Hall–Kier alpha value is -2.65. The molecule has 9 heteroatoms. The van der Waals surface area contributed by atoms with Crippen LogP contribution in [0.4, 0.5) is 5.69 Å². The number of carbonyl (C=O) groups excluding carboxylic acids is 2. The molecule has 0 saturated heterocycles. The number of benzene rings is 1. The lowest BCUT2D eigenvalue weighted by molar-refractivity contribution is -0.123. The molecule has 1 atom stereocenters. The van der Waals surface area contributed by atoms with Gasteiger partial charge in [-0.3, -0.25) is 19.0 Å². The predicted octanol–water partition coefficient (Wildman–Crippen LogP) is 3.33. The van der Waals surface area contributed by atoms with Crippen molar-refractivity contribution in [3.8, 4) is 0 Å². The minimum Gasteiger partial charge on any atom is -0.346 e. The van der Waals surface area contributed by atoms with Crippen LogP contribution in [0.15, 0.2) is 39.6 Å². The molecule has 1 unspecified atom stereocenters. The average Bonchev–Trinajstić information content (AvgIpc) is 3.18. The van der Waals surface area contributed by atoms with E-state index in [4.69, 9.17) is 0 Å². The minimum absolute atomic E-state index is 0.0967. The molecule has 7 nitrogen and oxygen atoms in total. The van der Waals surface area contributed by atoms with Crippen LogP contribution in [0.3, 0.4) is 0 Å². The zero-order chi connectivity index (χ0) is 21.8.